The van der Waals surface area contributed by atoms with Crippen molar-refractivity contribution in [1.82, 2.24) is 24.5 Å². The van der Waals surface area contributed by atoms with Crippen molar-refractivity contribution in [3.05, 3.63) is 71.4 Å². The fraction of sp³-hybridized carbons (Fsp3) is 0.250. The van der Waals surface area contributed by atoms with Crippen LogP contribution in [0.4, 0.5) is 5.95 Å². The van der Waals surface area contributed by atoms with Gasteiger partial charge >= 0.3 is 0 Å². The van der Waals surface area contributed by atoms with Gasteiger partial charge in [0.1, 0.15) is 5.75 Å². The Hall–Kier alpha value is -3.65. The molecular weight excluding hydrogens is 440 g/mol. The predicted molar refractivity (Wildman–Crippen MR) is 127 cm³/mol. The highest BCUT2D eigenvalue weighted by molar-refractivity contribution is 6.30. The summed E-state index contributed by atoms with van der Waals surface area (Å²) >= 11 is 5.88. The van der Waals surface area contributed by atoms with Gasteiger partial charge in [-0.05, 0) is 43.3 Å². The average molecular weight is 463 g/mol. The van der Waals surface area contributed by atoms with Crippen molar-refractivity contribution < 1.29 is 9.53 Å². The largest absolute Gasteiger partial charge is 0.484 e. The van der Waals surface area contributed by atoms with E-state index in [1.807, 2.05) is 12.1 Å². The zero-order valence-corrected chi connectivity index (χ0v) is 18.9. The van der Waals surface area contributed by atoms with Crippen LogP contribution in [0.2, 0.25) is 5.02 Å². The van der Waals surface area contributed by atoms with Gasteiger partial charge in [0.2, 0.25) is 5.95 Å². The predicted octanol–water partition coefficient (Wildman–Crippen LogP) is 3.48. The van der Waals surface area contributed by atoms with E-state index in [1.54, 1.807) is 39.9 Å². The second-order valence-corrected chi connectivity index (χ2v) is 8.37. The lowest BCUT2D eigenvalue weighted by atomic mass is 10.1. The number of amides is 1. The van der Waals surface area contributed by atoms with Crippen molar-refractivity contribution in [3.8, 4) is 17.0 Å². The fourth-order valence-electron chi connectivity index (χ4n) is 3.86. The van der Waals surface area contributed by atoms with Gasteiger partial charge in [0.25, 0.3) is 11.7 Å². The molecule has 1 aliphatic rings. The molecule has 2 aromatic carbocycles. The van der Waals surface area contributed by atoms with Gasteiger partial charge in [-0.15, -0.1) is 5.10 Å². The molecule has 3 heterocycles. The zero-order valence-electron chi connectivity index (χ0n) is 18.2. The van der Waals surface area contributed by atoms with E-state index in [1.165, 1.54) is 5.56 Å². The maximum atomic E-state index is 12.6. The van der Waals surface area contributed by atoms with Crippen molar-refractivity contribution in [1.29, 1.82) is 0 Å². The molecule has 0 unspecified atom stereocenters. The van der Waals surface area contributed by atoms with Gasteiger partial charge in [0.05, 0.1) is 5.69 Å². The van der Waals surface area contributed by atoms with Crippen molar-refractivity contribution in [3.63, 3.8) is 0 Å². The molecule has 0 bridgehead atoms. The summed E-state index contributed by atoms with van der Waals surface area (Å²) in [6, 6.07) is 17.2. The molecule has 0 atom stereocenters. The molecule has 5 rings (SSSR count). The smallest absolute Gasteiger partial charge is 0.260 e. The normalized spacial score (nSPS) is 14.0. The molecular formula is C24H23ClN6O2. The number of aryl methyl sites for hydroxylation is 1. The number of ether oxygens (including phenoxy) is 1. The van der Waals surface area contributed by atoms with Crippen LogP contribution in [0.3, 0.4) is 0 Å². The first-order chi connectivity index (χ1) is 16.1. The molecule has 1 saturated heterocycles. The lowest BCUT2D eigenvalue weighted by Crippen LogP contribution is -2.50. The second kappa shape index (κ2) is 9.07. The van der Waals surface area contributed by atoms with Crippen LogP contribution in [0.15, 0.2) is 60.8 Å². The third kappa shape index (κ3) is 4.61. The van der Waals surface area contributed by atoms with E-state index >= 15 is 0 Å². The van der Waals surface area contributed by atoms with Crippen LogP contribution in [-0.2, 0) is 4.79 Å². The molecule has 0 saturated carbocycles. The van der Waals surface area contributed by atoms with Crippen LogP contribution in [0.25, 0.3) is 17.0 Å². The van der Waals surface area contributed by atoms with E-state index in [0.717, 1.165) is 11.3 Å². The number of aromatic nitrogens is 4. The number of carbonyl (C=O) groups excluding carboxylic acids is 1. The van der Waals surface area contributed by atoms with Crippen LogP contribution in [0, 0.1) is 6.92 Å². The highest BCUT2D eigenvalue weighted by atomic mass is 35.5. The number of hydrogen-bond donors (Lipinski definition) is 0. The minimum absolute atomic E-state index is 0.00196. The Bertz CT molecular complexity index is 1280. The number of carbonyl (C=O) groups is 1. The number of anilines is 1. The molecule has 1 amide bonds. The molecule has 8 nitrogen and oxygen atoms in total. The highest BCUT2D eigenvalue weighted by Gasteiger charge is 2.24. The molecule has 1 aliphatic heterocycles. The first kappa shape index (κ1) is 21.2. The molecule has 0 radical (unpaired) electrons. The van der Waals surface area contributed by atoms with E-state index in [-0.39, 0.29) is 12.5 Å². The number of fused-ring (bicyclic) bond motifs is 1. The Balaban J connectivity index is 1.24. The van der Waals surface area contributed by atoms with Crippen LogP contribution in [0.5, 0.6) is 5.75 Å². The number of piperazine rings is 1. The Kier molecular flexibility index (Phi) is 5.83. The standard InChI is InChI=1S/C24H23ClN6O2/c1-17-3-2-4-18(15-17)21-9-10-26-23-27-24(28-31(21)23)30-13-11-29(12-14-30)22(32)16-33-20-7-5-19(25)6-8-20/h2-10,15H,11-14,16H2,1H3. The maximum absolute atomic E-state index is 12.6. The molecule has 33 heavy (non-hydrogen) atoms. The van der Waals surface area contributed by atoms with Gasteiger partial charge in [0.15, 0.2) is 6.61 Å². The summed E-state index contributed by atoms with van der Waals surface area (Å²) in [6.45, 7) is 4.51. The molecule has 0 aliphatic carbocycles. The van der Waals surface area contributed by atoms with Crippen molar-refractivity contribution in [2.24, 2.45) is 0 Å². The summed E-state index contributed by atoms with van der Waals surface area (Å²) in [7, 11) is 0. The molecule has 2 aromatic heterocycles. The third-order valence-corrected chi connectivity index (χ3v) is 5.89. The average Bonchev–Trinajstić information content (AvgIpc) is 3.28. The fourth-order valence-corrected chi connectivity index (χ4v) is 3.99. The first-order valence-corrected chi connectivity index (χ1v) is 11.1. The summed E-state index contributed by atoms with van der Waals surface area (Å²) in [5, 5.41) is 5.36. The number of nitrogens with zero attached hydrogens (tertiary/aromatic N) is 6. The van der Waals surface area contributed by atoms with Crippen LogP contribution >= 0.6 is 11.6 Å². The molecule has 168 valence electrons. The Labute approximate surface area is 196 Å². The molecule has 9 heteroatoms. The van der Waals surface area contributed by atoms with E-state index in [4.69, 9.17) is 21.4 Å². The SMILES string of the molecule is Cc1cccc(-c2ccnc3nc(N4CCN(C(=O)COc5ccc(Cl)cc5)CC4)nn23)c1. The minimum atomic E-state index is -0.0454. The van der Waals surface area contributed by atoms with E-state index < -0.39 is 0 Å². The monoisotopic (exact) mass is 462 g/mol. The van der Waals surface area contributed by atoms with Crippen molar-refractivity contribution >= 4 is 29.2 Å². The topological polar surface area (TPSA) is 75.9 Å². The molecule has 0 N–H and O–H groups in total. The van der Waals surface area contributed by atoms with Gasteiger partial charge in [0, 0.05) is 43.0 Å². The summed E-state index contributed by atoms with van der Waals surface area (Å²) in [5.74, 6) is 1.75. The van der Waals surface area contributed by atoms with Gasteiger partial charge in [-0.1, -0.05) is 35.4 Å². The molecule has 1 fully saturated rings. The summed E-state index contributed by atoms with van der Waals surface area (Å²) in [4.78, 5) is 25.5. The minimum Gasteiger partial charge on any atom is -0.484 e. The summed E-state index contributed by atoms with van der Waals surface area (Å²) < 4.78 is 7.37. The third-order valence-electron chi connectivity index (χ3n) is 5.63. The van der Waals surface area contributed by atoms with Crippen LogP contribution in [-0.4, -0.2) is 63.2 Å². The van der Waals surface area contributed by atoms with Crippen molar-refractivity contribution in [2.75, 3.05) is 37.7 Å². The lowest BCUT2D eigenvalue weighted by Gasteiger charge is -2.34. The summed E-state index contributed by atoms with van der Waals surface area (Å²) in [6.07, 6.45) is 1.75. The van der Waals surface area contributed by atoms with Crippen molar-refractivity contribution in [2.45, 2.75) is 6.92 Å². The van der Waals surface area contributed by atoms with E-state index in [2.05, 4.69) is 40.0 Å². The van der Waals surface area contributed by atoms with Gasteiger partial charge < -0.3 is 14.5 Å². The van der Waals surface area contributed by atoms with E-state index in [9.17, 15) is 4.79 Å². The number of hydrogen-bond acceptors (Lipinski definition) is 6. The van der Waals surface area contributed by atoms with Crippen LogP contribution < -0.4 is 9.64 Å². The van der Waals surface area contributed by atoms with Gasteiger partial charge in [-0.25, -0.2) is 4.98 Å². The Morgan fingerprint density at radius 3 is 2.61 bits per heavy atom. The lowest BCUT2D eigenvalue weighted by molar-refractivity contribution is -0.133. The number of rotatable bonds is 5. The van der Waals surface area contributed by atoms with Crippen LogP contribution in [0.1, 0.15) is 5.56 Å². The van der Waals surface area contributed by atoms with E-state index in [0.29, 0.717) is 48.7 Å². The number of halogens is 1. The molecule has 4 aromatic rings. The first-order valence-electron chi connectivity index (χ1n) is 10.8. The van der Waals surface area contributed by atoms with Gasteiger partial charge in [-0.3, -0.25) is 4.79 Å². The summed E-state index contributed by atoms with van der Waals surface area (Å²) in [5.41, 5.74) is 3.18. The quantitative estimate of drug-likeness (QED) is 0.452. The second-order valence-electron chi connectivity index (χ2n) is 7.93. The Morgan fingerprint density at radius 1 is 1.06 bits per heavy atom. The molecule has 0 spiro atoms. The highest BCUT2D eigenvalue weighted by Crippen LogP contribution is 2.22. The number of benzene rings is 2. The zero-order chi connectivity index (χ0) is 22.8. The maximum Gasteiger partial charge on any atom is 0.260 e. The van der Waals surface area contributed by atoms with Gasteiger partial charge in [-0.2, -0.15) is 9.50 Å². The Morgan fingerprint density at radius 2 is 1.85 bits per heavy atom.